The maximum Gasteiger partial charge on any atom is 0.223 e. The molecule has 0 aromatic heterocycles. The van der Waals surface area contributed by atoms with Gasteiger partial charge < -0.3 is 14.9 Å². The van der Waals surface area contributed by atoms with Crippen molar-refractivity contribution in [2.24, 2.45) is 0 Å². The van der Waals surface area contributed by atoms with Crippen LogP contribution in [-0.4, -0.2) is 60.1 Å². The van der Waals surface area contributed by atoms with Crippen molar-refractivity contribution < 1.29 is 14.3 Å². The Morgan fingerprint density at radius 2 is 2.14 bits per heavy atom. The number of halogens is 1. The highest BCUT2D eigenvalue weighted by Crippen LogP contribution is 2.23. The fraction of sp³-hybridized carbons (Fsp3) is 0.562. The highest BCUT2D eigenvalue weighted by atomic mass is 19.1. The second-order valence-corrected chi connectivity index (χ2v) is 6.12. The summed E-state index contributed by atoms with van der Waals surface area (Å²) < 4.78 is 13.5. The summed E-state index contributed by atoms with van der Waals surface area (Å²) in [7, 11) is 3.81. The summed E-state index contributed by atoms with van der Waals surface area (Å²) in [5, 5.41) is 10.4. The molecule has 1 aliphatic rings. The van der Waals surface area contributed by atoms with Crippen LogP contribution in [0.15, 0.2) is 24.3 Å². The first-order valence-electron chi connectivity index (χ1n) is 7.28. The molecule has 0 aliphatic carbocycles. The maximum atomic E-state index is 13.5. The van der Waals surface area contributed by atoms with E-state index in [0.29, 0.717) is 38.0 Å². The number of carbonyl (C=O) groups is 1. The van der Waals surface area contributed by atoms with Crippen molar-refractivity contribution >= 4 is 5.91 Å². The summed E-state index contributed by atoms with van der Waals surface area (Å²) in [6.07, 6.45) is 1.27. The zero-order chi connectivity index (χ0) is 15.5. The first-order chi connectivity index (χ1) is 9.89. The SMILES string of the molecule is CN(C)C[C@@]1(O)CCN(C(=O)CCc2ccccc2F)C1. The second kappa shape index (κ2) is 6.54. The summed E-state index contributed by atoms with van der Waals surface area (Å²) >= 11 is 0. The topological polar surface area (TPSA) is 43.8 Å². The van der Waals surface area contributed by atoms with Gasteiger partial charge in [-0.25, -0.2) is 4.39 Å². The number of hydrogen-bond donors (Lipinski definition) is 1. The van der Waals surface area contributed by atoms with Crippen LogP contribution in [0, 0.1) is 5.82 Å². The van der Waals surface area contributed by atoms with Crippen molar-refractivity contribution in [3.05, 3.63) is 35.6 Å². The highest BCUT2D eigenvalue weighted by Gasteiger charge is 2.38. The lowest BCUT2D eigenvalue weighted by atomic mass is 10.0. The molecule has 1 atom stereocenters. The molecule has 0 radical (unpaired) electrons. The number of β-amino-alcohol motifs (C(OH)–C–C–N with tert-alkyl or cyclic N) is 1. The largest absolute Gasteiger partial charge is 0.387 e. The molecule has 21 heavy (non-hydrogen) atoms. The van der Waals surface area contributed by atoms with Gasteiger partial charge in [-0.2, -0.15) is 0 Å². The predicted molar refractivity (Wildman–Crippen MR) is 79.4 cm³/mol. The van der Waals surface area contributed by atoms with Crippen molar-refractivity contribution in [3.8, 4) is 0 Å². The number of likely N-dealkylation sites (N-methyl/N-ethyl adjacent to an activating group) is 1. The summed E-state index contributed by atoms with van der Waals surface area (Å²) in [4.78, 5) is 15.8. The van der Waals surface area contributed by atoms with Crippen molar-refractivity contribution in [1.29, 1.82) is 0 Å². The van der Waals surface area contributed by atoms with E-state index in [1.165, 1.54) is 6.07 Å². The van der Waals surface area contributed by atoms with Crippen molar-refractivity contribution in [2.75, 3.05) is 33.7 Å². The molecule has 5 heteroatoms. The molecule has 4 nitrogen and oxygen atoms in total. The minimum Gasteiger partial charge on any atom is -0.387 e. The van der Waals surface area contributed by atoms with Gasteiger partial charge in [-0.05, 0) is 38.6 Å². The molecule has 1 amide bonds. The number of carbonyl (C=O) groups excluding carboxylic acids is 1. The van der Waals surface area contributed by atoms with Gasteiger partial charge in [0.2, 0.25) is 5.91 Å². The molecule has 0 saturated carbocycles. The zero-order valence-corrected chi connectivity index (χ0v) is 12.7. The Morgan fingerprint density at radius 3 is 2.81 bits per heavy atom. The van der Waals surface area contributed by atoms with Crippen LogP contribution in [0.2, 0.25) is 0 Å². The van der Waals surface area contributed by atoms with Gasteiger partial charge in [0.25, 0.3) is 0 Å². The van der Waals surface area contributed by atoms with E-state index in [1.54, 1.807) is 23.1 Å². The molecule has 1 heterocycles. The molecule has 1 fully saturated rings. The van der Waals surface area contributed by atoms with Gasteiger partial charge in [0.05, 0.1) is 12.1 Å². The zero-order valence-electron chi connectivity index (χ0n) is 12.7. The molecule has 1 N–H and O–H groups in total. The maximum absolute atomic E-state index is 13.5. The molecule has 116 valence electrons. The van der Waals surface area contributed by atoms with E-state index in [2.05, 4.69) is 0 Å². The van der Waals surface area contributed by atoms with Crippen LogP contribution < -0.4 is 0 Å². The Balaban J connectivity index is 1.86. The molecule has 2 rings (SSSR count). The standard InChI is InChI=1S/C16H23FN2O2/c1-18(2)11-16(21)9-10-19(12-16)15(20)8-7-13-5-3-4-6-14(13)17/h3-6,21H,7-12H2,1-2H3/t16-/m0/s1. The minimum absolute atomic E-state index is 0.0204. The Kier molecular flexibility index (Phi) is 4.96. The third-order valence-corrected chi connectivity index (χ3v) is 3.86. The van der Waals surface area contributed by atoms with E-state index in [-0.39, 0.29) is 18.1 Å². The fourth-order valence-electron chi connectivity index (χ4n) is 2.89. The molecule has 1 aliphatic heterocycles. The summed E-state index contributed by atoms with van der Waals surface area (Å²) in [5.41, 5.74) is -0.259. The Bertz CT molecular complexity index is 507. The van der Waals surface area contributed by atoms with Gasteiger partial charge >= 0.3 is 0 Å². The van der Waals surface area contributed by atoms with E-state index in [4.69, 9.17) is 0 Å². The smallest absolute Gasteiger partial charge is 0.223 e. The number of aryl methyl sites for hydroxylation is 1. The second-order valence-electron chi connectivity index (χ2n) is 6.12. The molecule has 0 spiro atoms. The van der Waals surface area contributed by atoms with Gasteiger partial charge in [-0.3, -0.25) is 4.79 Å². The molecule has 1 aromatic rings. The quantitative estimate of drug-likeness (QED) is 0.890. The summed E-state index contributed by atoms with van der Waals surface area (Å²) in [6.45, 7) is 1.48. The van der Waals surface area contributed by atoms with E-state index in [0.717, 1.165) is 0 Å². The predicted octanol–water partition coefficient (Wildman–Crippen LogP) is 1.28. The van der Waals surface area contributed by atoms with Gasteiger partial charge in [-0.1, -0.05) is 18.2 Å². The van der Waals surface area contributed by atoms with Crippen molar-refractivity contribution in [3.63, 3.8) is 0 Å². The molecule has 0 bridgehead atoms. The van der Waals surface area contributed by atoms with Gasteiger partial charge in [-0.15, -0.1) is 0 Å². The number of benzene rings is 1. The van der Waals surface area contributed by atoms with Crippen LogP contribution in [0.5, 0.6) is 0 Å². The van der Waals surface area contributed by atoms with Gasteiger partial charge in [0.15, 0.2) is 0 Å². The van der Waals surface area contributed by atoms with Crippen LogP contribution >= 0.6 is 0 Å². The van der Waals surface area contributed by atoms with Crippen LogP contribution in [0.4, 0.5) is 4.39 Å². The van der Waals surface area contributed by atoms with Crippen LogP contribution in [-0.2, 0) is 11.2 Å². The van der Waals surface area contributed by atoms with Crippen LogP contribution in [0.1, 0.15) is 18.4 Å². The Morgan fingerprint density at radius 1 is 1.43 bits per heavy atom. The number of likely N-dealkylation sites (tertiary alicyclic amines) is 1. The lowest BCUT2D eigenvalue weighted by Gasteiger charge is -2.26. The average Bonchev–Trinajstić information content (AvgIpc) is 2.79. The fourth-order valence-corrected chi connectivity index (χ4v) is 2.89. The lowest BCUT2D eigenvalue weighted by molar-refractivity contribution is -0.131. The summed E-state index contributed by atoms with van der Waals surface area (Å²) in [6, 6.07) is 6.53. The molecule has 1 saturated heterocycles. The number of aliphatic hydroxyl groups is 1. The first-order valence-corrected chi connectivity index (χ1v) is 7.28. The van der Waals surface area contributed by atoms with Crippen molar-refractivity contribution in [2.45, 2.75) is 24.9 Å². The van der Waals surface area contributed by atoms with Gasteiger partial charge in [0.1, 0.15) is 5.82 Å². The monoisotopic (exact) mass is 294 g/mol. The van der Waals surface area contributed by atoms with E-state index in [9.17, 15) is 14.3 Å². The Hall–Kier alpha value is -1.46. The number of hydrogen-bond acceptors (Lipinski definition) is 3. The number of amides is 1. The average molecular weight is 294 g/mol. The highest BCUT2D eigenvalue weighted by molar-refractivity contribution is 5.77. The van der Waals surface area contributed by atoms with Crippen LogP contribution in [0.25, 0.3) is 0 Å². The third kappa shape index (κ3) is 4.25. The molecular weight excluding hydrogens is 271 g/mol. The van der Waals surface area contributed by atoms with E-state index in [1.807, 2.05) is 19.0 Å². The Labute approximate surface area is 125 Å². The van der Waals surface area contributed by atoms with Crippen molar-refractivity contribution in [1.82, 2.24) is 9.80 Å². The number of rotatable bonds is 5. The molecule has 1 aromatic carbocycles. The lowest BCUT2D eigenvalue weighted by Crippen LogP contribution is -2.43. The third-order valence-electron chi connectivity index (χ3n) is 3.86. The first kappa shape index (κ1) is 15.9. The van der Waals surface area contributed by atoms with E-state index < -0.39 is 5.60 Å². The number of nitrogens with zero attached hydrogens (tertiary/aromatic N) is 2. The van der Waals surface area contributed by atoms with E-state index >= 15 is 0 Å². The normalized spacial score (nSPS) is 22.0. The summed E-state index contributed by atoms with van der Waals surface area (Å²) in [5.74, 6) is -0.288. The minimum atomic E-state index is -0.822. The molecular formula is C16H23FN2O2. The molecule has 0 unspecified atom stereocenters. The van der Waals surface area contributed by atoms with Gasteiger partial charge in [0, 0.05) is 19.5 Å². The van der Waals surface area contributed by atoms with Crippen LogP contribution in [0.3, 0.4) is 0 Å².